The van der Waals surface area contributed by atoms with E-state index in [1.165, 1.54) is 0 Å². The highest BCUT2D eigenvalue weighted by Crippen LogP contribution is 2.49. The van der Waals surface area contributed by atoms with E-state index < -0.39 is 0 Å². The van der Waals surface area contributed by atoms with Gasteiger partial charge in [0.2, 0.25) is 0 Å². The molecule has 0 bridgehead atoms. The molecular weight excluding hydrogens is 616 g/mol. The van der Waals surface area contributed by atoms with E-state index in [-0.39, 0.29) is 6.71 Å². The van der Waals surface area contributed by atoms with Crippen LogP contribution in [0.1, 0.15) is 0 Å². The zero-order valence-corrected chi connectivity index (χ0v) is 26.7. The molecule has 47 heavy (non-hydrogen) atoms. The molecule has 9 rings (SSSR count). The number of rotatable bonds is 4. The molecule has 2 nitrogen and oxygen atoms in total. The molecule has 0 saturated carbocycles. The van der Waals surface area contributed by atoms with E-state index in [4.69, 9.17) is 27.9 Å². The van der Waals surface area contributed by atoms with Gasteiger partial charge in [-0.3, -0.25) is 0 Å². The summed E-state index contributed by atoms with van der Waals surface area (Å²) < 4.78 is 6.78. The highest BCUT2D eigenvalue weighted by Gasteiger charge is 2.43. The summed E-state index contributed by atoms with van der Waals surface area (Å²) in [6, 6.07) is 55.0. The lowest BCUT2D eigenvalue weighted by Crippen LogP contribution is -2.59. The van der Waals surface area contributed by atoms with E-state index in [2.05, 4.69) is 138 Å². The quantitative estimate of drug-likeness (QED) is 0.177. The standard InChI is InChI=1S/C42H26BCl2NO/c44-31-19-21-35-37(25-31)46(42-33(28-13-6-2-7-14-28)17-10-18-34(42)29-15-8-3-9-16-29)38-23-30(27-11-4-1-5-12-27)24-40-41(38)43(35)36-22-20-32(45)26-39(36)47-40/h1-26H. The first kappa shape index (κ1) is 28.0. The topological polar surface area (TPSA) is 12.5 Å². The van der Waals surface area contributed by atoms with Crippen molar-refractivity contribution in [3.8, 4) is 44.9 Å². The molecule has 0 aliphatic carbocycles. The molecular formula is C42H26BCl2NO. The number of nitrogens with zero attached hydrogens (tertiary/aromatic N) is 1. The molecule has 0 unspecified atom stereocenters. The maximum absolute atomic E-state index is 6.89. The zero-order valence-electron chi connectivity index (χ0n) is 25.2. The van der Waals surface area contributed by atoms with Crippen LogP contribution in [0.25, 0.3) is 33.4 Å². The molecule has 0 atom stereocenters. The van der Waals surface area contributed by atoms with Crippen molar-refractivity contribution in [2.45, 2.75) is 0 Å². The van der Waals surface area contributed by atoms with Crippen LogP contribution in [-0.2, 0) is 0 Å². The Labute approximate surface area is 284 Å². The normalized spacial score (nSPS) is 12.6. The van der Waals surface area contributed by atoms with Crippen molar-refractivity contribution in [2.75, 3.05) is 4.90 Å². The zero-order chi connectivity index (χ0) is 31.5. The Kier molecular flexibility index (Phi) is 6.71. The Hall–Kier alpha value is -5.22. The fourth-order valence-electron chi connectivity index (χ4n) is 7.21. The number of anilines is 3. The van der Waals surface area contributed by atoms with Crippen LogP contribution in [0, 0.1) is 0 Å². The Morgan fingerprint density at radius 3 is 1.66 bits per heavy atom. The molecule has 7 aromatic carbocycles. The molecule has 2 aliphatic heterocycles. The molecule has 7 aromatic rings. The average Bonchev–Trinajstić information content (AvgIpc) is 3.12. The van der Waals surface area contributed by atoms with Crippen molar-refractivity contribution in [3.05, 3.63) is 168 Å². The van der Waals surface area contributed by atoms with Gasteiger partial charge >= 0.3 is 0 Å². The molecule has 0 fully saturated rings. The average molecular weight is 642 g/mol. The van der Waals surface area contributed by atoms with Gasteiger partial charge < -0.3 is 9.64 Å². The van der Waals surface area contributed by atoms with Gasteiger partial charge in [-0.05, 0) is 75.0 Å². The first-order valence-electron chi connectivity index (χ1n) is 15.7. The number of halogens is 2. The number of hydrogen-bond donors (Lipinski definition) is 0. The second kappa shape index (κ2) is 11.2. The van der Waals surface area contributed by atoms with Gasteiger partial charge in [-0.25, -0.2) is 0 Å². The minimum atomic E-state index is -0.0709. The number of hydrogen-bond acceptors (Lipinski definition) is 2. The summed E-state index contributed by atoms with van der Waals surface area (Å²) in [5.74, 6) is 1.60. The third-order valence-corrected chi connectivity index (χ3v) is 9.71. The van der Waals surface area contributed by atoms with Crippen LogP contribution in [0.2, 0.25) is 10.0 Å². The van der Waals surface area contributed by atoms with Gasteiger partial charge in [0.05, 0.1) is 5.69 Å². The Morgan fingerprint density at radius 2 is 1.02 bits per heavy atom. The molecule has 5 heteroatoms. The highest BCUT2D eigenvalue weighted by molar-refractivity contribution is 6.99. The SMILES string of the molecule is Clc1ccc2c(c1)Oc1cc(-c3ccccc3)cc3c1B2c1ccc(Cl)cc1N3c1c(-c2ccccc2)cccc1-c1ccccc1. The fourth-order valence-corrected chi connectivity index (χ4v) is 7.54. The van der Waals surface area contributed by atoms with E-state index >= 15 is 0 Å². The van der Waals surface area contributed by atoms with Crippen LogP contribution >= 0.6 is 23.2 Å². The van der Waals surface area contributed by atoms with Gasteiger partial charge in [0.25, 0.3) is 6.71 Å². The number of ether oxygens (including phenoxy) is 1. The van der Waals surface area contributed by atoms with Crippen molar-refractivity contribution < 1.29 is 4.74 Å². The summed E-state index contributed by atoms with van der Waals surface area (Å²) in [6.45, 7) is -0.0709. The van der Waals surface area contributed by atoms with Gasteiger partial charge in [-0.1, -0.05) is 145 Å². The highest BCUT2D eigenvalue weighted by atomic mass is 35.5. The smallest absolute Gasteiger partial charge is 0.256 e. The molecule has 0 radical (unpaired) electrons. The molecule has 2 heterocycles. The van der Waals surface area contributed by atoms with Gasteiger partial charge in [0, 0.05) is 32.5 Å². The minimum Gasteiger partial charge on any atom is -0.458 e. The van der Waals surface area contributed by atoms with Crippen LogP contribution < -0.4 is 26.0 Å². The molecule has 2 aliphatic rings. The number of benzene rings is 7. The summed E-state index contributed by atoms with van der Waals surface area (Å²) >= 11 is 13.4. The van der Waals surface area contributed by atoms with Crippen molar-refractivity contribution in [1.29, 1.82) is 0 Å². The van der Waals surface area contributed by atoms with E-state index in [9.17, 15) is 0 Å². The second-order valence-electron chi connectivity index (χ2n) is 12.0. The van der Waals surface area contributed by atoms with Crippen molar-refractivity contribution >= 4 is 63.4 Å². The van der Waals surface area contributed by atoms with Gasteiger partial charge in [-0.2, -0.15) is 0 Å². The van der Waals surface area contributed by atoms with Crippen molar-refractivity contribution in [3.63, 3.8) is 0 Å². The van der Waals surface area contributed by atoms with E-state index in [1.807, 2.05) is 24.3 Å². The molecule has 0 aromatic heterocycles. The van der Waals surface area contributed by atoms with E-state index in [0.29, 0.717) is 10.0 Å². The summed E-state index contributed by atoms with van der Waals surface area (Å²) in [4.78, 5) is 2.41. The summed E-state index contributed by atoms with van der Waals surface area (Å²) in [7, 11) is 0. The van der Waals surface area contributed by atoms with Crippen LogP contribution in [-0.4, -0.2) is 6.71 Å². The van der Waals surface area contributed by atoms with Crippen molar-refractivity contribution in [1.82, 2.24) is 0 Å². The fraction of sp³-hybridized carbons (Fsp3) is 0. The summed E-state index contributed by atoms with van der Waals surface area (Å²) in [5, 5.41) is 1.32. The van der Waals surface area contributed by atoms with Crippen LogP contribution in [0.4, 0.5) is 17.1 Å². The number of para-hydroxylation sites is 1. The Balaban J connectivity index is 1.42. The van der Waals surface area contributed by atoms with Crippen molar-refractivity contribution in [2.24, 2.45) is 0 Å². The molecule has 0 N–H and O–H groups in total. The Bertz CT molecular complexity index is 2250. The first-order chi connectivity index (χ1) is 23.1. The monoisotopic (exact) mass is 641 g/mol. The first-order valence-corrected chi connectivity index (χ1v) is 16.4. The summed E-state index contributed by atoms with van der Waals surface area (Å²) in [5.41, 5.74) is 13.2. The Morgan fingerprint density at radius 1 is 0.447 bits per heavy atom. The van der Waals surface area contributed by atoms with E-state index in [1.54, 1.807) is 0 Å². The molecule has 222 valence electrons. The van der Waals surface area contributed by atoms with Gasteiger partial charge in [-0.15, -0.1) is 0 Å². The van der Waals surface area contributed by atoms with Gasteiger partial charge in [0.1, 0.15) is 11.5 Å². The van der Waals surface area contributed by atoms with Crippen LogP contribution in [0.5, 0.6) is 11.5 Å². The third-order valence-electron chi connectivity index (χ3n) is 9.24. The predicted molar refractivity (Wildman–Crippen MR) is 199 cm³/mol. The molecule has 0 saturated heterocycles. The van der Waals surface area contributed by atoms with Gasteiger partial charge in [0.15, 0.2) is 0 Å². The minimum absolute atomic E-state index is 0.0709. The summed E-state index contributed by atoms with van der Waals surface area (Å²) in [6.07, 6.45) is 0. The lowest BCUT2D eigenvalue weighted by Gasteiger charge is -2.41. The number of fused-ring (bicyclic) bond motifs is 4. The lowest BCUT2D eigenvalue weighted by molar-refractivity contribution is 0.488. The lowest BCUT2D eigenvalue weighted by atomic mass is 9.34. The van der Waals surface area contributed by atoms with E-state index in [0.717, 1.165) is 78.3 Å². The second-order valence-corrected chi connectivity index (χ2v) is 12.8. The maximum atomic E-state index is 6.89. The maximum Gasteiger partial charge on any atom is 0.256 e. The van der Waals surface area contributed by atoms with Crippen LogP contribution in [0.3, 0.4) is 0 Å². The molecule has 0 spiro atoms. The largest absolute Gasteiger partial charge is 0.458 e. The third kappa shape index (κ3) is 4.66. The predicted octanol–water partition coefficient (Wildman–Crippen LogP) is 10.4. The molecule has 0 amide bonds. The van der Waals surface area contributed by atoms with Crippen LogP contribution in [0.15, 0.2) is 158 Å².